The highest BCUT2D eigenvalue weighted by atomic mass is 16.1. The summed E-state index contributed by atoms with van der Waals surface area (Å²) in [4.78, 5) is 28.8. The van der Waals surface area contributed by atoms with Crippen molar-refractivity contribution >= 4 is 22.4 Å². The van der Waals surface area contributed by atoms with E-state index < -0.39 is 0 Å². The number of benzene rings is 1. The second-order valence-electron chi connectivity index (χ2n) is 8.96. The molecule has 7 nitrogen and oxygen atoms in total. The van der Waals surface area contributed by atoms with Gasteiger partial charge in [0.25, 0.3) is 5.56 Å². The lowest BCUT2D eigenvalue weighted by atomic mass is 10.00. The fourth-order valence-corrected chi connectivity index (χ4v) is 4.73. The zero-order valence-corrected chi connectivity index (χ0v) is 19.4. The molecule has 0 radical (unpaired) electrons. The molecule has 7 heteroatoms. The van der Waals surface area contributed by atoms with Crippen LogP contribution in [0.1, 0.15) is 28.1 Å². The van der Waals surface area contributed by atoms with Crippen molar-refractivity contribution in [2.24, 2.45) is 0 Å². The van der Waals surface area contributed by atoms with Gasteiger partial charge >= 0.3 is 0 Å². The number of hydrogen-bond donors (Lipinski definition) is 0. The molecule has 0 fully saturated rings. The molecule has 4 aromatic heterocycles. The third-order valence-electron chi connectivity index (χ3n) is 6.71. The molecule has 0 saturated heterocycles. The molecule has 1 aliphatic rings. The van der Waals surface area contributed by atoms with E-state index in [9.17, 15) is 4.79 Å². The van der Waals surface area contributed by atoms with Crippen LogP contribution in [0, 0.1) is 20.8 Å². The van der Waals surface area contributed by atoms with Crippen molar-refractivity contribution in [1.82, 2.24) is 24.6 Å². The van der Waals surface area contributed by atoms with Gasteiger partial charge in [0.15, 0.2) is 11.5 Å². The van der Waals surface area contributed by atoms with Crippen LogP contribution in [0.15, 0.2) is 59.7 Å². The van der Waals surface area contributed by atoms with Gasteiger partial charge in [0.2, 0.25) is 0 Å². The van der Waals surface area contributed by atoms with Crippen LogP contribution in [0.3, 0.4) is 0 Å². The summed E-state index contributed by atoms with van der Waals surface area (Å²) in [5.41, 5.74) is 8.56. The second-order valence-corrected chi connectivity index (χ2v) is 8.96. The predicted molar refractivity (Wildman–Crippen MR) is 133 cm³/mol. The highest BCUT2D eigenvalue weighted by molar-refractivity contribution is 5.83. The summed E-state index contributed by atoms with van der Waals surface area (Å²) in [7, 11) is 0. The van der Waals surface area contributed by atoms with Gasteiger partial charge < -0.3 is 4.90 Å². The number of hydrogen-bond acceptors (Lipinski definition) is 6. The Labute approximate surface area is 196 Å². The molecule has 0 spiro atoms. The maximum Gasteiger partial charge on any atom is 0.274 e. The Morgan fingerprint density at radius 3 is 2.59 bits per heavy atom. The highest BCUT2D eigenvalue weighted by Gasteiger charge is 2.23. The number of anilines is 1. The average molecular weight is 449 g/mol. The Morgan fingerprint density at radius 1 is 0.912 bits per heavy atom. The largest absolute Gasteiger partial charge is 0.350 e. The molecule has 168 valence electrons. The standard InChI is InChI=1S/C27H24N6O/c1-16-10-25(34)33-26(30-16)17(2)18(3)27(31-33)32-9-8-24-22(15-32)12-21(14-29-24)20-11-19-6-4-5-7-23(19)28-13-20/h4-7,10-14H,8-9,15H2,1-3H3. The fraction of sp³-hybridized carbons (Fsp3) is 0.222. The van der Waals surface area contributed by atoms with Crippen molar-refractivity contribution in [3.63, 3.8) is 0 Å². The van der Waals surface area contributed by atoms with Crippen LogP contribution in [0.25, 0.3) is 27.7 Å². The Balaban J connectivity index is 1.39. The van der Waals surface area contributed by atoms with Gasteiger partial charge in [0.05, 0.1) is 5.52 Å². The third kappa shape index (κ3) is 3.32. The molecule has 34 heavy (non-hydrogen) atoms. The monoisotopic (exact) mass is 448 g/mol. The van der Waals surface area contributed by atoms with E-state index in [4.69, 9.17) is 10.1 Å². The number of pyridine rings is 2. The third-order valence-corrected chi connectivity index (χ3v) is 6.71. The van der Waals surface area contributed by atoms with Gasteiger partial charge in [-0.2, -0.15) is 4.52 Å². The molecule has 0 saturated carbocycles. The van der Waals surface area contributed by atoms with E-state index in [-0.39, 0.29) is 5.56 Å². The summed E-state index contributed by atoms with van der Waals surface area (Å²) in [5.74, 6) is 0.821. The average Bonchev–Trinajstić information content (AvgIpc) is 2.85. The molecule has 0 N–H and O–H groups in total. The van der Waals surface area contributed by atoms with Crippen LogP contribution in [-0.4, -0.2) is 31.1 Å². The van der Waals surface area contributed by atoms with E-state index in [1.54, 1.807) is 0 Å². The topological polar surface area (TPSA) is 76.3 Å². The van der Waals surface area contributed by atoms with Crippen molar-refractivity contribution in [1.29, 1.82) is 0 Å². The summed E-state index contributed by atoms with van der Waals surface area (Å²) in [5, 5.41) is 5.84. The van der Waals surface area contributed by atoms with E-state index in [0.29, 0.717) is 17.9 Å². The van der Waals surface area contributed by atoms with Gasteiger partial charge in [-0.15, -0.1) is 5.10 Å². The molecule has 1 aliphatic heterocycles. The van der Waals surface area contributed by atoms with E-state index in [0.717, 1.165) is 57.6 Å². The molecule has 0 aliphatic carbocycles. The van der Waals surface area contributed by atoms with Crippen LogP contribution >= 0.6 is 0 Å². The first-order valence-corrected chi connectivity index (χ1v) is 11.4. The van der Waals surface area contributed by atoms with E-state index in [1.165, 1.54) is 16.1 Å². The quantitative estimate of drug-likeness (QED) is 0.403. The Bertz CT molecular complexity index is 1660. The molecule has 0 unspecified atom stereocenters. The minimum Gasteiger partial charge on any atom is -0.350 e. The van der Waals surface area contributed by atoms with E-state index in [1.807, 2.05) is 44.4 Å². The number of fused-ring (bicyclic) bond motifs is 3. The van der Waals surface area contributed by atoms with Crippen molar-refractivity contribution in [2.75, 3.05) is 11.4 Å². The van der Waals surface area contributed by atoms with Gasteiger partial charge in [-0.05, 0) is 44.5 Å². The van der Waals surface area contributed by atoms with Crippen LogP contribution in [0.5, 0.6) is 0 Å². The zero-order chi connectivity index (χ0) is 23.4. The smallest absolute Gasteiger partial charge is 0.274 e. The lowest BCUT2D eigenvalue weighted by molar-refractivity contribution is 0.684. The van der Waals surface area contributed by atoms with Crippen molar-refractivity contribution in [3.8, 4) is 11.1 Å². The lowest BCUT2D eigenvalue weighted by Gasteiger charge is -2.31. The SMILES string of the molecule is Cc1cc(=O)n2nc(N3CCc4ncc(-c5cnc6ccccc6c5)cc4C3)c(C)c(C)c2n1. The van der Waals surface area contributed by atoms with Gasteiger partial charge in [0.1, 0.15) is 0 Å². The fourth-order valence-electron chi connectivity index (χ4n) is 4.73. The molecule has 0 atom stereocenters. The van der Waals surface area contributed by atoms with Crippen molar-refractivity contribution < 1.29 is 0 Å². The van der Waals surface area contributed by atoms with Gasteiger partial charge in [-0.25, -0.2) is 4.98 Å². The summed E-state index contributed by atoms with van der Waals surface area (Å²) < 4.78 is 1.43. The first-order chi connectivity index (χ1) is 16.5. The van der Waals surface area contributed by atoms with E-state index >= 15 is 0 Å². The minimum absolute atomic E-state index is 0.156. The first kappa shape index (κ1) is 20.5. The molecule has 6 rings (SSSR count). The number of aromatic nitrogens is 5. The predicted octanol–water partition coefficient (Wildman–Crippen LogP) is 4.19. The Kier molecular flexibility index (Phi) is 4.65. The maximum absolute atomic E-state index is 12.6. The number of para-hydroxylation sites is 1. The summed E-state index contributed by atoms with van der Waals surface area (Å²) >= 11 is 0. The van der Waals surface area contributed by atoms with Gasteiger partial charge in [-0.1, -0.05) is 18.2 Å². The molecule has 1 aromatic carbocycles. The van der Waals surface area contributed by atoms with E-state index in [2.05, 4.69) is 40.0 Å². The number of aryl methyl sites for hydroxylation is 2. The zero-order valence-electron chi connectivity index (χ0n) is 19.4. The number of nitrogens with zero attached hydrogens (tertiary/aromatic N) is 6. The Hall–Kier alpha value is -4.13. The van der Waals surface area contributed by atoms with Crippen LogP contribution in [0.4, 0.5) is 5.82 Å². The first-order valence-electron chi connectivity index (χ1n) is 11.4. The maximum atomic E-state index is 12.6. The molecular formula is C27H24N6O. The van der Waals surface area contributed by atoms with Crippen LogP contribution < -0.4 is 10.5 Å². The second kappa shape index (κ2) is 7.73. The van der Waals surface area contributed by atoms with Gasteiger partial charge in [-0.3, -0.25) is 14.8 Å². The molecular weight excluding hydrogens is 424 g/mol. The summed E-state index contributed by atoms with van der Waals surface area (Å²) in [6, 6.07) is 14.0. The molecule has 5 aromatic rings. The van der Waals surface area contributed by atoms with Crippen molar-refractivity contribution in [2.45, 2.75) is 33.7 Å². The van der Waals surface area contributed by atoms with Crippen LogP contribution in [0.2, 0.25) is 0 Å². The van der Waals surface area contributed by atoms with Gasteiger partial charge in [0, 0.05) is 77.0 Å². The summed E-state index contributed by atoms with van der Waals surface area (Å²) in [6.07, 6.45) is 4.68. The normalized spacial score (nSPS) is 13.4. The summed E-state index contributed by atoms with van der Waals surface area (Å²) in [6.45, 7) is 7.37. The number of rotatable bonds is 2. The molecule has 0 amide bonds. The van der Waals surface area contributed by atoms with Crippen LogP contribution in [-0.2, 0) is 13.0 Å². The lowest BCUT2D eigenvalue weighted by Crippen LogP contribution is -2.34. The highest BCUT2D eigenvalue weighted by Crippen LogP contribution is 2.30. The molecule has 5 heterocycles. The van der Waals surface area contributed by atoms with Crippen molar-refractivity contribution in [3.05, 3.63) is 93.3 Å². The Morgan fingerprint density at radius 2 is 1.71 bits per heavy atom. The molecule has 0 bridgehead atoms. The minimum atomic E-state index is -0.156.